The minimum atomic E-state index is -0.539. The Balaban J connectivity index is 2.29. The normalized spacial score (nSPS) is 11.2. The predicted molar refractivity (Wildman–Crippen MR) is 79.3 cm³/mol. The topological polar surface area (TPSA) is 65.2 Å². The molecule has 104 valence electrons. The van der Waals surface area contributed by atoms with Crippen molar-refractivity contribution in [1.29, 1.82) is 0 Å². The first-order chi connectivity index (χ1) is 9.37. The SMILES string of the molecule is CC(C)(C)OC(=O)c1ccc(-c2ccccn2)cc1N. The van der Waals surface area contributed by atoms with Gasteiger partial charge in [-0.25, -0.2) is 4.79 Å². The highest BCUT2D eigenvalue weighted by Gasteiger charge is 2.19. The summed E-state index contributed by atoms with van der Waals surface area (Å²) < 4.78 is 5.32. The highest BCUT2D eigenvalue weighted by Crippen LogP contribution is 2.24. The predicted octanol–water partition coefficient (Wildman–Crippen LogP) is 3.29. The molecule has 0 saturated heterocycles. The summed E-state index contributed by atoms with van der Waals surface area (Å²) in [7, 11) is 0. The zero-order chi connectivity index (χ0) is 14.8. The summed E-state index contributed by atoms with van der Waals surface area (Å²) in [4.78, 5) is 16.3. The maximum atomic E-state index is 12.0. The maximum absolute atomic E-state index is 12.0. The molecule has 4 nitrogen and oxygen atoms in total. The van der Waals surface area contributed by atoms with Gasteiger partial charge in [-0.2, -0.15) is 0 Å². The number of hydrogen-bond donors (Lipinski definition) is 1. The Labute approximate surface area is 118 Å². The third-order valence-corrected chi connectivity index (χ3v) is 2.63. The van der Waals surface area contributed by atoms with E-state index in [0.29, 0.717) is 11.3 Å². The largest absolute Gasteiger partial charge is 0.456 e. The van der Waals surface area contributed by atoms with Crippen LogP contribution in [0.5, 0.6) is 0 Å². The second-order valence-corrected chi connectivity index (χ2v) is 5.52. The number of benzene rings is 1. The fourth-order valence-electron chi connectivity index (χ4n) is 1.77. The van der Waals surface area contributed by atoms with Gasteiger partial charge in [-0.05, 0) is 45.0 Å². The maximum Gasteiger partial charge on any atom is 0.340 e. The zero-order valence-electron chi connectivity index (χ0n) is 11.9. The van der Waals surface area contributed by atoms with Crippen LogP contribution in [0.1, 0.15) is 31.1 Å². The van der Waals surface area contributed by atoms with E-state index in [9.17, 15) is 4.79 Å². The lowest BCUT2D eigenvalue weighted by molar-refractivity contribution is 0.00708. The lowest BCUT2D eigenvalue weighted by Crippen LogP contribution is -2.24. The van der Waals surface area contributed by atoms with Gasteiger partial charge in [0.2, 0.25) is 0 Å². The molecule has 0 bridgehead atoms. The van der Waals surface area contributed by atoms with Crippen LogP contribution in [0.3, 0.4) is 0 Å². The minimum Gasteiger partial charge on any atom is -0.456 e. The molecule has 0 fully saturated rings. The molecule has 0 atom stereocenters. The van der Waals surface area contributed by atoms with Crippen molar-refractivity contribution < 1.29 is 9.53 Å². The van der Waals surface area contributed by atoms with Crippen molar-refractivity contribution in [2.75, 3.05) is 5.73 Å². The molecule has 0 aliphatic rings. The summed E-state index contributed by atoms with van der Waals surface area (Å²) in [6, 6.07) is 10.9. The van der Waals surface area contributed by atoms with Crippen LogP contribution in [-0.4, -0.2) is 16.6 Å². The Kier molecular flexibility index (Phi) is 3.74. The van der Waals surface area contributed by atoms with E-state index in [0.717, 1.165) is 11.3 Å². The average Bonchev–Trinajstić information content (AvgIpc) is 2.37. The molecule has 1 aromatic heterocycles. The number of nitrogen functional groups attached to an aromatic ring is 1. The molecular formula is C16H18N2O2. The first-order valence-corrected chi connectivity index (χ1v) is 6.41. The van der Waals surface area contributed by atoms with Gasteiger partial charge < -0.3 is 10.5 Å². The Morgan fingerprint density at radius 3 is 2.50 bits per heavy atom. The molecule has 4 heteroatoms. The molecule has 0 amide bonds. The fourth-order valence-corrected chi connectivity index (χ4v) is 1.77. The molecule has 0 aliphatic carbocycles. The van der Waals surface area contributed by atoms with E-state index in [-0.39, 0.29) is 0 Å². The Bertz CT molecular complexity index is 616. The van der Waals surface area contributed by atoms with Crippen LogP contribution < -0.4 is 5.73 Å². The number of carbonyl (C=O) groups is 1. The van der Waals surface area contributed by atoms with Gasteiger partial charge in [-0.15, -0.1) is 0 Å². The molecular weight excluding hydrogens is 252 g/mol. The van der Waals surface area contributed by atoms with E-state index >= 15 is 0 Å². The van der Waals surface area contributed by atoms with E-state index < -0.39 is 11.6 Å². The number of anilines is 1. The minimum absolute atomic E-state index is 0.375. The first kappa shape index (κ1) is 14.1. The van der Waals surface area contributed by atoms with Crippen molar-refractivity contribution in [1.82, 2.24) is 4.98 Å². The van der Waals surface area contributed by atoms with E-state index in [1.54, 1.807) is 18.3 Å². The number of carbonyl (C=O) groups excluding carboxylic acids is 1. The summed E-state index contributed by atoms with van der Waals surface area (Å²) in [5, 5.41) is 0. The second-order valence-electron chi connectivity index (χ2n) is 5.52. The van der Waals surface area contributed by atoms with E-state index in [4.69, 9.17) is 10.5 Å². The molecule has 1 aromatic carbocycles. The molecule has 0 saturated carbocycles. The van der Waals surface area contributed by atoms with Gasteiger partial charge in [0.15, 0.2) is 0 Å². The number of pyridine rings is 1. The van der Waals surface area contributed by atoms with Crippen LogP contribution in [-0.2, 0) is 4.74 Å². The van der Waals surface area contributed by atoms with E-state index in [1.165, 1.54) is 0 Å². The van der Waals surface area contributed by atoms with Crippen LogP contribution >= 0.6 is 0 Å². The van der Waals surface area contributed by atoms with Gasteiger partial charge in [0.05, 0.1) is 11.3 Å². The third-order valence-electron chi connectivity index (χ3n) is 2.63. The summed E-state index contributed by atoms with van der Waals surface area (Å²) in [5.74, 6) is -0.414. The first-order valence-electron chi connectivity index (χ1n) is 6.41. The van der Waals surface area contributed by atoms with Crippen molar-refractivity contribution in [3.05, 3.63) is 48.2 Å². The number of hydrogen-bond acceptors (Lipinski definition) is 4. The molecule has 0 spiro atoms. The quantitative estimate of drug-likeness (QED) is 0.671. The molecule has 1 heterocycles. The van der Waals surface area contributed by atoms with Gasteiger partial charge in [-0.3, -0.25) is 4.98 Å². The second kappa shape index (κ2) is 5.33. The number of esters is 1. The van der Waals surface area contributed by atoms with Crippen LogP contribution in [0, 0.1) is 0 Å². The highest BCUT2D eigenvalue weighted by atomic mass is 16.6. The van der Waals surface area contributed by atoms with Crippen molar-refractivity contribution in [3.63, 3.8) is 0 Å². The van der Waals surface area contributed by atoms with Gasteiger partial charge in [-0.1, -0.05) is 12.1 Å². The molecule has 2 aromatic rings. The third kappa shape index (κ3) is 3.35. The Morgan fingerprint density at radius 1 is 1.20 bits per heavy atom. The molecule has 0 aliphatic heterocycles. The lowest BCUT2D eigenvalue weighted by Gasteiger charge is -2.20. The summed E-state index contributed by atoms with van der Waals surface area (Å²) in [6.07, 6.45) is 1.72. The van der Waals surface area contributed by atoms with E-state index in [1.807, 2.05) is 45.0 Å². The van der Waals surface area contributed by atoms with Crippen LogP contribution in [0.4, 0.5) is 5.69 Å². The average molecular weight is 270 g/mol. The fraction of sp³-hybridized carbons (Fsp3) is 0.250. The highest BCUT2D eigenvalue weighted by molar-refractivity contribution is 5.96. The summed E-state index contributed by atoms with van der Waals surface area (Å²) in [6.45, 7) is 5.47. The molecule has 2 rings (SSSR count). The number of nitrogens with zero attached hydrogens (tertiary/aromatic N) is 1. The summed E-state index contributed by atoms with van der Waals surface area (Å²) >= 11 is 0. The van der Waals surface area contributed by atoms with Crippen LogP contribution in [0.25, 0.3) is 11.3 Å². The summed E-state index contributed by atoms with van der Waals surface area (Å²) in [5.41, 5.74) is 7.86. The molecule has 0 radical (unpaired) electrons. The lowest BCUT2D eigenvalue weighted by atomic mass is 10.1. The van der Waals surface area contributed by atoms with Crippen LogP contribution in [0.15, 0.2) is 42.6 Å². The van der Waals surface area contributed by atoms with Crippen LogP contribution in [0.2, 0.25) is 0 Å². The molecule has 2 N–H and O–H groups in total. The van der Waals surface area contributed by atoms with Gasteiger partial charge in [0.25, 0.3) is 0 Å². The van der Waals surface area contributed by atoms with Gasteiger partial charge >= 0.3 is 5.97 Å². The van der Waals surface area contributed by atoms with Gasteiger partial charge in [0, 0.05) is 17.4 Å². The van der Waals surface area contributed by atoms with Gasteiger partial charge in [0.1, 0.15) is 5.60 Å². The number of nitrogens with two attached hydrogens (primary N) is 1. The standard InChI is InChI=1S/C16H18N2O2/c1-16(2,3)20-15(19)12-8-7-11(10-13(12)17)14-6-4-5-9-18-14/h4-10H,17H2,1-3H3. The number of rotatable bonds is 2. The van der Waals surface area contributed by atoms with Crippen molar-refractivity contribution >= 4 is 11.7 Å². The molecule has 20 heavy (non-hydrogen) atoms. The Morgan fingerprint density at radius 2 is 1.95 bits per heavy atom. The van der Waals surface area contributed by atoms with Crippen molar-refractivity contribution in [2.45, 2.75) is 26.4 Å². The smallest absolute Gasteiger partial charge is 0.340 e. The monoisotopic (exact) mass is 270 g/mol. The number of ether oxygens (including phenoxy) is 1. The number of aromatic nitrogens is 1. The molecule has 0 unspecified atom stereocenters. The Hall–Kier alpha value is -2.36. The van der Waals surface area contributed by atoms with E-state index in [2.05, 4.69) is 4.98 Å². The van der Waals surface area contributed by atoms with Crippen molar-refractivity contribution in [3.8, 4) is 11.3 Å². The zero-order valence-corrected chi connectivity index (χ0v) is 11.9. The van der Waals surface area contributed by atoms with Crippen molar-refractivity contribution in [2.24, 2.45) is 0 Å².